The van der Waals surface area contributed by atoms with Crippen molar-refractivity contribution in [3.63, 3.8) is 0 Å². The van der Waals surface area contributed by atoms with Crippen LogP contribution in [0.3, 0.4) is 0 Å². The Morgan fingerprint density at radius 1 is 1.25 bits per heavy atom. The highest BCUT2D eigenvalue weighted by atomic mass is 19.1. The summed E-state index contributed by atoms with van der Waals surface area (Å²) in [4.78, 5) is 0. The fourth-order valence-corrected chi connectivity index (χ4v) is 1.59. The van der Waals surface area contributed by atoms with Crippen molar-refractivity contribution < 1.29 is 9.13 Å². The number of hydrogen-bond acceptors (Lipinski definition) is 2. The number of halogens is 1. The molecule has 0 aromatic heterocycles. The second kappa shape index (κ2) is 6.36. The Labute approximate surface area is 96.8 Å². The van der Waals surface area contributed by atoms with Gasteiger partial charge < -0.3 is 10.1 Å². The van der Waals surface area contributed by atoms with Gasteiger partial charge in [-0.25, -0.2) is 4.39 Å². The van der Waals surface area contributed by atoms with Crippen LogP contribution < -0.4 is 10.1 Å². The van der Waals surface area contributed by atoms with Gasteiger partial charge in [0.25, 0.3) is 0 Å². The van der Waals surface area contributed by atoms with Crippen LogP contribution in [-0.2, 0) is 0 Å². The van der Waals surface area contributed by atoms with Crippen molar-refractivity contribution in [2.24, 2.45) is 0 Å². The molecule has 2 nitrogen and oxygen atoms in total. The first kappa shape index (κ1) is 12.8. The third-order valence-corrected chi connectivity index (χ3v) is 2.59. The summed E-state index contributed by atoms with van der Waals surface area (Å²) in [5.74, 6) is 0.00963. The molecular formula is C13H20FNO. The fourth-order valence-electron chi connectivity index (χ4n) is 1.59. The zero-order valence-electron chi connectivity index (χ0n) is 10.2. The topological polar surface area (TPSA) is 21.3 Å². The first-order valence-corrected chi connectivity index (χ1v) is 5.90. The van der Waals surface area contributed by atoms with Gasteiger partial charge in [-0.2, -0.15) is 0 Å². The molecule has 0 spiro atoms. The van der Waals surface area contributed by atoms with Crippen LogP contribution in [0.2, 0.25) is 0 Å². The predicted molar refractivity (Wildman–Crippen MR) is 65.6 cm³/mol. The molecule has 1 aromatic rings. The monoisotopic (exact) mass is 225 g/mol. The largest absolute Gasteiger partial charge is 0.491 e. The third kappa shape index (κ3) is 3.40. The minimum absolute atomic E-state index is 0.308. The Bertz CT molecular complexity index is 324. The van der Waals surface area contributed by atoms with Crippen molar-refractivity contribution in [2.45, 2.75) is 39.7 Å². The molecule has 1 rings (SSSR count). The van der Waals surface area contributed by atoms with Crippen LogP contribution in [0.25, 0.3) is 0 Å². The van der Waals surface area contributed by atoms with E-state index in [-0.39, 0.29) is 5.82 Å². The molecule has 0 heterocycles. The van der Waals surface area contributed by atoms with Gasteiger partial charge in [-0.1, -0.05) is 13.8 Å². The van der Waals surface area contributed by atoms with E-state index in [1.807, 2.05) is 13.0 Å². The smallest absolute Gasteiger partial charge is 0.167 e. The average Bonchev–Trinajstić information content (AvgIpc) is 2.29. The predicted octanol–water partition coefficient (Wildman–Crippen LogP) is 3.82. The van der Waals surface area contributed by atoms with Gasteiger partial charge in [-0.3, -0.25) is 0 Å². The van der Waals surface area contributed by atoms with E-state index in [1.54, 1.807) is 6.07 Å². The summed E-state index contributed by atoms with van der Waals surface area (Å²) >= 11 is 0. The molecule has 0 aliphatic heterocycles. The van der Waals surface area contributed by atoms with Crippen molar-refractivity contribution in [1.29, 1.82) is 0 Å². The highest BCUT2D eigenvalue weighted by Gasteiger charge is 2.07. The molecular weight excluding hydrogens is 205 g/mol. The molecule has 0 unspecified atom stereocenters. The van der Waals surface area contributed by atoms with E-state index >= 15 is 0 Å². The fraction of sp³-hybridized carbons (Fsp3) is 0.538. The summed E-state index contributed by atoms with van der Waals surface area (Å²) in [6.45, 7) is 6.56. The van der Waals surface area contributed by atoms with E-state index in [1.165, 1.54) is 6.07 Å². The van der Waals surface area contributed by atoms with Crippen LogP contribution >= 0.6 is 0 Å². The molecule has 1 aromatic carbocycles. The Morgan fingerprint density at radius 2 is 1.94 bits per heavy atom. The Morgan fingerprint density at radius 3 is 2.44 bits per heavy atom. The highest BCUT2D eigenvalue weighted by molar-refractivity contribution is 5.47. The van der Waals surface area contributed by atoms with Crippen molar-refractivity contribution in [3.8, 4) is 5.75 Å². The van der Waals surface area contributed by atoms with E-state index in [0.29, 0.717) is 18.4 Å². The number of hydrogen-bond donors (Lipinski definition) is 1. The molecule has 0 aliphatic carbocycles. The minimum atomic E-state index is -0.308. The van der Waals surface area contributed by atoms with Crippen LogP contribution in [0.5, 0.6) is 5.75 Å². The van der Waals surface area contributed by atoms with Gasteiger partial charge in [0.05, 0.1) is 6.61 Å². The second-order valence-corrected chi connectivity index (χ2v) is 3.74. The van der Waals surface area contributed by atoms with Gasteiger partial charge >= 0.3 is 0 Å². The molecule has 0 bridgehead atoms. The van der Waals surface area contributed by atoms with Crippen molar-refractivity contribution in [1.82, 2.24) is 0 Å². The summed E-state index contributed by atoms with van der Waals surface area (Å²) < 4.78 is 18.7. The summed E-state index contributed by atoms with van der Waals surface area (Å²) in [7, 11) is 0. The number of rotatable bonds is 6. The SMILES string of the molecule is CCOc1ccc(NC(CC)CC)cc1F. The van der Waals surface area contributed by atoms with E-state index < -0.39 is 0 Å². The van der Waals surface area contributed by atoms with Crippen LogP contribution in [0, 0.1) is 5.82 Å². The van der Waals surface area contributed by atoms with Gasteiger partial charge in [-0.15, -0.1) is 0 Å². The lowest BCUT2D eigenvalue weighted by atomic mass is 10.1. The van der Waals surface area contributed by atoms with Crippen molar-refractivity contribution >= 4 is 5.69 Å². The van der Waals surface area contributed by atoms with Crippen LogP contribution in [0.4, 0.5) is 10.1 Å². The first-order chi connectivity index (χ1) is 7.71. The average molecular weight is 225 g/mol. The normalized spacial score (nSPS) is 10.6. The van der Waals surface area contributed by atoms with Crippen LogP contribution in [0.15, 0.2) is 18.2 Å². The van der Waals surface area contributed by atoms with Gasteiger partial charge in [0, 0.05) is 17.8 Å². The van der Waals surface area contributed by atoms with Gasteiger partial charge in [0.2, 0.25) is 0 Å². The molecule has 0 aliphatic rings. The molecule has 1 N–H and O–H groups in total. The van der Waals surface area contributed by atoms with Crippen molar-refractivity contribution in [2.75, 3.05) is 11.9 Å². The lowest BCUT2D eigenvalue weighted by Crippen LogP contribution is -2.16. The van der Waals surface area contributed by atoms with Crippen molar-refractivity contribution in [3.05, 3.63) is 24.0 Å². The van der Waals surface area contributed by atoms with Crippen LogP contribution in [-0.4, -0.2) is 12.6 Å². The molecule has 90 valence electrons. The molecule has 0 saturated heterocycles. The maximum Gasteiger partial charge on any atom is 0.167 e. The van der Waals surface area contributed by atoms with Gasteiger partial charge in [0.15, 0.2) is 11.6 Å². The van der Waals surface area contributed by atoms with E-state index in [0.717, 1.165) is 18.5 Å². The zero-order valence-corrected chi connectivity index (χ0v) is 10.2. The Balaban J connectivity index is 2.72. The van der Waals surface area contributed by atoms with Gasteiger partial charge in [-0.05, 0) is 31.9 Å². The quantitative estimate of drug-likeness (QED) is 0.794. The number of ether oxygens (including phenoxy) is 1. The zero-order chi connectivity index (χ0) is 12.0. The summed E-state index contributed by atoms with van der Waals surface area (Å²) in [5.41, 5.74) is 0.814. The first-order valence-electron chi connectivity index (χ1n) is 5.90. The van der Waals surface area contributed by atoms with E-state index in [2.05, 4.69) is 19.2 Å². The second-order valence-electron chi connectivity index (χ2n) is 3.74. The highest BCUT2D eigenvalue weighted by Crippen LogP contribution is 2.22. The Hall–Kier alpha value is -1.25. The number of anilines is 1. The summed E-state index contributed by atoms with van der Waals surface area (Å²) in [6.07, 6.45) is 2.07. The molecule has 16 heavy (non-hydrogen) atoms. The van der Waals surface area contributed by atoms with E-state index in [9.17, 15) is 4.39 Å². The number of nitrogens with one attached hydrogen (secondary N) is 1. The summed E-state index contributed by atoms with van der Waals surface area (Å²) in [6, 6.07) is 5.41. The lowest BCUT2D eigenvalue weighted by Gasteiger charge is -2.16. The van der Waals surface area contributed by atoms with Gasteiger partial charge in [0.1, 0.15) is 0 Å². The molecule has 0 saturated carbocycles. The third-order valence-electron chi connectivity index (χ3n) is 2.59. The van der Waals surface area contributed by atoms with Crippen LogP contribution in [0.1, 0.15) is 33.6 Å². The molecule has 0 amide bonds. The lowest BCUT2D eigenvalue weighted by molar-refractivity contribution is 0.321. The molecule has 3 heteroatoms. The number of benzene rings is 1. The van der Waals surface area contributed by atoms with E-state index in [4.69, 9.17) is 4.74 Å². The Kier molecular flexibility index (Phi) is 5.09. The molecule has 0 radical (unpaired) electrons. The molecule has 0 atom stereocenters. The standard InChI is InChI=1S/C13H20FNO/c1-4-10(5-2)15-11-7-8-13(16-6-3)12(14)9-11/h7-10,15H,4-6H2,1-3H3. The molecule has 0 fully saturated rings. The minimum Gasteiger partial charge on any atom is -0.491 e. The maximum atomic E-state index is 13.5. The summed E-state index contributed by atoms with van der Waals surface area (Å²) in [5, 5.41) is 3.29. The maximum absolute atomic E-state index is 13.5.